The maximum atomic E-state index is 12.2. The summed E-state index contributed by atoms with van der Waals surface area (Å²) in [5.74, 6) is 0.718. The highest BCUT2D eigenvalue weighted by Crippen LogP contribution is 2.26. The predicted octanol–water partition coefficient (Wildman–Crippen LogP) is 4.10. The van der Waals surface area contributed by atoms with Crippen molar-refractivity contribution in [2.45, 2.75) is 39.0 Å². The van der Waals surface area contributed by atoms with E-state index in [2.05, 4.69) is 37.4 Å². The summed E-state index contributed by atoms with van der Waals surface area (Å²) < 4.78 is 0. The third kappa shape index (κ3) is 3.00. The molecular weight excluding hydrogens is 222 g/mol. The Kier molecular flexibility index (Phi) is 4.19. The molecule has 0 saturated heterocycles. The largest absolute Gasteiger partial charge is 0.326 e. The minimum absolute atomic E-state index is 0.134. The summed E-state index contributed by atoms with van der Waals surface area (Å²) in [5, 5.41) is 3.09. The molecule has 0 radical (unpaired) electrons. The number of carbonyl (C=O) groups is 1. The van der Waals surface area contributed by atoms with Crippen LogP contribution in [0, 0.1) is 5.92 Å². The maximum absolute atomic E-state index is 12.2. The lowest BCUT2D eigenvalue weighted by molar-refractivity contribution is -0.120. The van der Waals surface area contributed by atoms with Gasteiger partial charge in [0.15, 0.2) is 0 Å². The molecule has 1 aromatic carbocycles. The quantitative estimate of drug-likeness (QED) is 0.795. The Labute approximate surface area is 109 Å². The van der Waals surface area contributed by atoms with Crippen LogP contribution in [0.25, 0.3) is 0 Å². The standard InChI is InChI=1S/C16H21NO/c1-12(2)14-10-6-7-11-15(14)17-16(18)13-8-4-3-5-9-13/h3-4,6-7,10-13H,5,8-9H2,1-2H3,(H,17,18)/t13-/m0/s1. The topological polar surface area (TPSA) is 29.1 Å². The van der Waals surface area contributed by atoms with E-state index in [0.29, 0.717) is 5.92 Å². The Morgan fingerprint density at radius 3 is 2.72 bits per heavy atom. The first kappa shape index (κ1) is 12.9. The molecule has 1 aliphatic rings. The molecule has 0 heterocycles. The molecule has 0 bridgehead atoms. The third-order valence-electron chi connectivity index (χ3n) is 3.48. The zero-order valence-electron chi connectivity index (χ0n) is 11.1. The zero-order chi connectivity index (χ0) is 13.0. The number of anilines is 1. The Balaban J connectivity index is 2.09. The molecule has 1 aromatic rings. The number of nitrogens with one attached hydrogen (secondary N) is 1. The van der Waals surface area contributed by atoms with E-state index in [-0.39, 0.29) is 11.8 Å². The molecule has 2 nitrogen and oxygen atoms in total. The normalized spacial score (nSPS) is 18.9. The number of allylic oxidation sites excluding steroid dienone is 2. The van der Waals surface area contributed by atoms with E-state index in [1.165, 1.54) is 5.56 Å². The Morgan fingerprint density at radius 2 is 2.06 bits per heavy atom. The van der Waals surface area contributed by atoms with Gasteiger partial charge in [0.05, 0.1) is 0 Å². The number of benzene rings is 1. The molecule has 2 heteroatoms. The van der Waals surface area contributed by atoms with Crippen molar-refractivity contribution in [3.63, 3.8) is 0 Å². The van der Waals surface area contributed by atoms with Gasteiger partial charge in [0.25, 0.3) is 0 Å². The average molecular weight is 243 g/mol. The number of para-hydroxylation sites is 1. The molecule has 1 aliphatic carbocycles. The van der Waals surface area contributed by atoms with E-state index in [4.69, 9.17) is 0 Å². The Morgan fingerprint density at radius 1 is 1.28 bits per heavy atom. The molecule has 0 aliphatic heterocycles. The van der Waals surface area contributed by atoms with Crippen molar-refractivity contribution in [2.75, 3.05) is 5.32 Å². The van der Waals surface area contributed by atoms with E-state index in [9.17, 15) is 4.79 Å². The van der Waals surface area contributed by atoms with Crippen LogP contribution in [0.1, 0.15) is 44.6 Å². The smallest absolute Gasteiger partial charge is 0.227 e. The van der Waals surface area contributed by atoms with E-state index in [1.54, 1.807) is 0 Å². The molecule has 0 spiro atoms. The van der Waals surface area contributed by atoms with Gasteiger partial charge >= 0.3 is 0 Å². The van der Waals surface area contributed by atoms with E-state index in [1.807, 2.05) is 18.2 Å². The van der Waals surface area contributed by atoms with Gasteiger partial charge in [-0.2, -0.15) is 0 Å². The molecule has 1 atom stereocenters. The van der Waals surface area contributed by atoms with E-state index in [0.717, 1.165) is 24.9 Å². The highest BCUT2D eigenvalue weighted by molar-refractivity contribution is 5.93. The molecule has 1 N–H and O–H groups in total. The zero-order valence-corrected chi connectivity index (χ0v) is 11.1. The Hall–Kier alpha value is -1.57. The van der Waals surface area contributed by atoms with Crippen LogP contribution >= 0.6 is 0 Å². The summed E-state index contributed by atoms with van der Waals surface area (Å²) in [4.78, 5) is 12.2. The average Bonchev–Trinajstić information content (AvgIpc) is 2.40. The molecule has 0 aromatic heterocycles. The first-order chi connectivity index (χ1) is 8.68. The monoisotopic (exact) mass is 243 g/mol. The van der Waals surface area contributed by atoms with Gasteiger partial charge in [-0.05, 0) is 36.8 Å². The minimum atomic E-state index is 0.134. The van der Waals surface area contributed by atoms with Crippen LogP contribution in [0.3, 0.4) is 0 Å². The minimum Gasteiger partial charge on any atom is -0.326 e. The van der Waals surface area contributed by atoms with Crippen LogP contribution in [-0.2, 0) is 4.79 Å². The second kappa shape index (κ2) is 5.85. The summed E-state index contributed by atoms with van der Waals surface area (Å²) in [6.45, 7) is 4.29. The number of carbonyl (C=O) groups excluding carboxylic acids is 1. The van der Waals surface area contributed by atoms with Crippen molar-refractivity contribution in [2.24, 2.45) is 5.92 Å². The molecule has 0 saturated carbocycles. The van der Waals surface area contributed by atoms with E-state index >= 15 is 0 Å². The summed E-state index contributed by atoms with van der Waals surface area (Å²) in [5.41, 5.74) is 2.17. The third-order valence-corrected chi connectivity index (χ3v) is 3.48. The fraction of sp³-hybridized carbons (Fsp3) is 0.438. The molecule has 18 heavy (non-hydrogen) atoms. The van der Waals surface area contributed by atoms with Gasteiger partial charge in [-0.1, -0.05) is 44.2 Å². The number of hydrogen-bond donors (Lipinski definition) is 1. The second-order valence-electron chi connectivity index (χ2n) is 5.21. The van der Waals surface area contributed by atoms with Crippen molar-refractivity contribution in [1.29, 1.82) is 0 Å². The second-order valence-corrected chi connectivity index (χ2v) is 5.21. The lowest BCUT2D eigenvalue weighted by atomic mass is 9.93. The summed E-state index contributed by atoms with van der Waals surface area (Å²) >= 11 is 0. The number of amides is 1. The van der Waals surface area contributed by atoms with Crippen molar-refractivity contribution >= 4 is 11.6 Å². The Bertz CT molecular complexity index is 448. The summed E-state index contributed by atoms with van der Waals surface area (Å²) in [6, 6.07) is 8.07. The first-order valence-corrected chi connectivity index (χ1v) is 6.73. The molecule has 0 unspecified atom stereocenters. The van der Waals surface area contributed by atoms with Crippen molar-refractivity contribution in [3.05, 3.63) is 42.0 Å². The fourth-order valence-corrected chi connectivity index (χ4v) is 2.38. The lowest BCUT2D eigenvalue weighted by Gasteiger charge is -2.19. The molecule has 2 rings (SSSR count). The van der Waals surface area contributed by atoms with Crippen LogP contribution in [0.5, 0.6) is 0 Å². The first-order valence-electron chi connectivity index (χ1n) is 6.73. The fourth-order valence-electron chi connectivity index (χ4n) is 2.38. The summed E-state index contributed by atoms with van der Waals surface area (Å²) in [7, 11) is 0. The molecular formula is C16H21NO. The van der Waals surface area contributed by atoms with Gasteiger partial charge in [-0.15, -0.1) is 0 Å². The van der Waals surface area contributed by atoms with Gasteiger partial charge in [-0.25, -0.2) is 0 Å². The van der Waals surface area contributed by atoms with Crippen molar-refractivity contribution in [1.82, 2.24) is 0 Å². The number of rotatable bonds is 3. The lowest BCUT2D eigenvalue weighted by Crippen LogP contribution is -2.24. The maximum Gasteiger partial charge on any atom is 0.227 e. The predicted molar refractivity (Wildman–Crippen MR) is 75.6 cm³/mol. The van der Waals surface area contributed by atoms with Gasteiger partial charge in [0, 0.05) is 11.6 Å². The van der Waals surface area contributed by atoms with Crippen LogP contribution < -0.4 is 5.32 Å². The summed E-state index contributed by atoms with van der Waals surface area (Å²) in [6.07, 6.45) is 7.12. The van der Waals surface area contributed by atoms with Crippen LogP contribution in [0.4, 0.5) is 5.69 Å². The van der Waals surface area contributed by atoms with Gasteiger partial charge in [-0.3, -0.25) is 4.79 Å². The molecule has 0 fully saturated rings. The van der Waals surface area contributed by atoms with Gasteiger partial charge in [0.1, 0.15) is 0 Å². The molecule has 96 valence electrons. The van der Waals surface area contributed by atoms with Gasteiger partial charge < -0.3 is 5.32 Å². The van der Waals surface area contributed by atoms with Crippen molar-refractivity contribution in [3.8, 4) is 0 Å². The van der Waals surface area contributed by atoms with Crippen LogP contribution in [0.15, 0.2) is 36.4 Å². The highest BCUT2D eigenvalue weighted by Gasteiger charge is 2.19. The van der Waals surface area contributed by atoms with Crippen molar-refractivity contribution < 1.29 is 4.79 Å². The van der Waals surface area contributed by atoms with Crippen LogP contribution in [-0.4, -0.2) is 5.91 Å². The SMILES string of the molecule is CC(C)c1ccccc1NC(=O)[C@H]1CC=CCC1. The number of hydrogen-bond acceptors (Lipinski definition) is 1. The van der Waals surface area contributed by atoms with E-state index < -0.39 is 0 Å². The van der Waals surface area contributed by atoms with Gasteiger partial charge in [0.2, 0.25) is 5.91 Å². The van der Waals surface area contributed by atoms with Crippen LogP contribution in [0.2, 0.25) is 0 Å². The molecule has 1 amide bonds. The highest BCUT2D eigenvalue weighted by atomic mass is 16.1.